The normalized spacial score (nSPS) is 11.9. The van der Waals surface area contributed by atoms with Gasteiger partial charge in [0.15, 0.2) is 17.0 Å². The van der Waals surface area contributed by atoms with Crippen molar-refractivity contribution in [1.82, 2.24) is 14.6 Å². The van der Waals surface area contributed by atoms with E-state index in [-0.39, 0.29) is 31.4 Å². The third-order valence-corrected chi connectivity index (χ3v) is 4.71. The molecule has 0 aliphatic carbocycles. The topological polar surface area (TPSA) is 67.5 Å². The van der Waals surface area contributed by atoms with Gasteiger partial charge in [-0.1, -0.05) is 29.3 Å². The van der Waals surface area contributed by atoms with E-state index >= 15 is 0 Å². The minimum absolute atomic E-state index is 0.0593. The number of halogens is 6. The number of aromatic nitrogens is 3. The Kier molecular flexibility index (Phi) is 4.42. The molecule has 2 heterocycles. The maximum absolute atomic E-state index is 13.4. The van der Waals surface area contributed by atoms with Crippen LogP contribution in [0, 0.1) is 0 Å². The van der Waals surface area contributed by atoms with Gasteiger partial charge in [-0.05, 0) is 34.1 Å². The number of nitrogens with zero attached hydrogens (tertiary/aromatic N) is 3. The van der Waals surface area contributed by atoms with Gasteiger partial charge in [-0.3, -0.25) is 0 Å². The van der Waals surface area contributed by atoms with E-state index in [1.807, 2.05) is 0 Å². The lowest BCUT2D eigenvalue weighted by Gasteiger charge is -2.11. The second-order valence-electron chi connectivity index (χ2n) is 4.86. The third-order valence-electron chi connectivity index (χ3n) is 3.24. The molecule has 0 atom stereocenters. The molecule has 0 fully saturated rings. The fourth-order valence-corrected chi connectivity index (χ4v) is 2.94. The molecule has 0 saturated carbocycles. The molecule has 25 heavy (non-hydrogen) atoms. The van der Waals surface area contributed by atoms with Crippen molar-refractivity contribution in [2.75, 3.05) is 0 Å². The number of rotatable bonds is 2. The third kappa shape index (κ3) is 3.19. The highest BCUT2D eigenvalue weighted by Gasteiger charge is 2.36. The number of carboxylic acids is 1. The molecule has 1 aromatic carbocycles. The average molecular weight is 455 g/mol. The van der Waals surface area contributed by atoms with Gasteiger partial charge in [0.1, 0.15) is 0 Å². The van der Waals surface area contributed by atoms with Crippen LogP contribution in [0.2, 0.25) is 10.0 Å². The summed E-state index contributed by atoms with van der Waals surface area (Å²) in [6.45, 7) is 0. The summed E-state index contributed by atoms with van der Waals surface area (Å²) in [7, 11) is 0. The zero-order valence-corrected chi connectivity index (χ0v) is 14.9. The Morgan fingerprint density at radius 2 is 1.88 bits per heavy atom. The van der Waals surface area contributed by atoms with Gasteiger partial charge < -0.3 is 5.11 Å². The monoisotopic (exact) mass is 453 g/mol. The highest BCUT2D eigenvalue weighted by molar-refractivity contribution is 9.10. The van der Waals surface area contributed by atoms with Gasteiger partial charge in [-0.15, -0.1) is 0 Å². The summed E-state index contributed by atoms with van der Waals surface area (Å²) in [6, 6.07) is 5.00. The van der Waals surface area contributed by atoms with E-state index in [2.05, 4.69) is 26.0 Å². The summed E-state index contributed by atoms with van der Waals surface area (Å²) < 4.78 is 40.5. The molecule has 0 unspecified atom stereocenters. The van der Waals surface area contributed by atoms with Crippen molar-refractivity contribution in [3.63, 3.8) is 0 Å². The number of carboxylic acid groups (broad SMARTS) is 1. The molecule has 130 valence electrons. The summed E-state index contributed by atoms with van der Waals surface area (Å²) in [5.41, 5.74) is -1.81. The van der Waals surface area contributed by atoms with Crippen LogP contribution in [0.15, 0.2) is 28.7 Å². The van der Waals surface area contributed by atoms with Crippen LogP contribution >= 0.6 is 39.1 Å². The molecule has 0 amide bonds. The van der Waals surface area contributed by atoms with Crippen LogP contribution < -0.4 is 0 Å². The van der Waals surface area contributed by atoms with Crippen LogP contribution in [0.4, 0.5) is 13.2 Å². The molecule has 3 rings (SSSR count). The van der Waals surface area contributed by atoms with E-state index in [4.69, 9.17) is 28.3 Å². The number of alkyl halides is 3. The number of hydrogen-bond donors (Lipinski definition) is 1. The minimum atomic E-state index is -4.78. The second kappa shape index (κ2) is 6.15. The van der Waals surface area contributed by atoms with Gasteiger partial charge in [-0.25, -0.2) is 14.3 Å². The maximum Gasteiger partial charge on any atom is 0.433 e. The predicted octanol–water partition coefficient (Wildman–Crippen LogP) is 5.18. The highest BCUT2D eigenvalue weighted by atomic mass is 79.9. The van der Waals surface area contributed by atoms with E-state index in [0.29, 0.717) is 4.52 Å². The molecular weight excluding hydrogens is 450 g/mol. The van der Waals surface area contributed by atoms with Crippen molar-refractivity contribution < 1.29 is 23.1 Å². The largest absolute Gasteiger partial charge is 0.476 e. The number of aromatic carboxylic acids is 1. The Labute approximate surface area is 156 Å². The van der Waals surface area contributed by atoms with E-state index in [1.165, 1.54) is 18.2 Å². The first-order valence-corrected chi connectivity index (χ1v) is 7.99. The van der Waals surface area contributed by atoms with Gasteiger partial charge in [0, 0.05) is 5.56 Å². The molecule has 3 aromatic rings. The lowest BCUT2D eigenvalue weighted by Crippen LogP contribution is -2.14. The molecular formula is C14H5BrCl2F3N3O2. The predicted molar refractivity (Wildman–Crippen MR) is 88.1 cm³/mol. The Balaban J connectivity index is 2.36. The van der Waals surface area contributed by atoms with Crippen LogP contribution in [0.3, 0.4) is 0 Å². The molecule has 0 radical (unpaired) electrons. The molecule has 0 saturated heterocycles. The molecule has 0 aliphatic heterocycles. The summed E-state index contributed by atoms with van der Waals surface area (Å²) in [4.78, 5) is 15.2. The Bertz CT molecular complexity index is 1020. The first-order chi connectivity index (χ1) is 11.6. The number of fused-ring (bicyclic) bond motifs is 1. The SMILES string of the molecule is O=C(O)c1nn2c(C(F)(F)F)cc(-c3ccc(Cl)c(Cl)c3)nc2c1Br. The van der Waals surface area contributed by atoms with E-state index in [9.17, 15) is 18.0 Å². The molecule has 5 nitrogen and oxygen atoms in total. The van der Waals surface area contributed by atoms with Crippen LogP contribution in [-0.4, -0.2) is 25.7 Å². The van der Waals surface area contributed by atoms with Gasteiger partial charge in [0.2, 0.25) is 0 Å². The Morgan fingerprint density at radius 3 is 2.44 bits per heavy atom. The molecule has 0 bridgehead atoms. The molecule has 0 spiro atoms. The summed E-state index contributed by atoms with van der Waals surface area (Å²) in [5, 5.41) is 12.9. The Hall–Kier alpha value is -1.84. The van der Waals surface area contributed by atoms with Gasteiger partial charge in [0.05, 0.1) is 20.2 Å². The summed E-state index contributed by atoms with van der Waals surface area (Å²) in [6.07, 6.45) is -4.78. The Morgan fingerprint density at radius 1 is 1.20 bits per heavy atom. The molecule has 2 aromatic heterocycles. The standard InChI is InChI=1S/C14H5BrCl2F3N3O2/c15-10-11(13(24)25)22-23-9(14(18,19)20)4-8(21-12(10)23)5-1-2-6(16)7(17)3-5/h1-4H,(H,24,25). The smallest absolute Gasteiger partial charge is 0.433 e. The number of hydrogen-bond acceptors (Lipinski definition) is 3. The molecule has 0 aliphatic rings. The second-order valence-corrected chi connectivity index (χ2v) is 6.46. The van der Waals surface area contributed by atoms with Crippen molar-refractivity contribution in [3.05, 3.63) is 50.2 Å². The first kappa shape index (κ1) is 18.0. The van der Waals surface area contributed by atoms with E-state index in [1.54, 1.807) is 0 Å². The first-order valence-electron chi connectivity index (χ1n) is 6.45. The summed E-state index contributed by atoms with van der Waals surface area (Å²) >= 11 is 14.7. The molecule has 1 N–H and O–H groups in total. The van der Waals surface area contributed by atoms with Crippen LogP contribution in [0.5, 0.6) is 0 Å². The fraction of sp³-hybridized carbons (Fsp3) is 0.0714. The zero-order valence-electron chi connectivity index (χ0n) is 11.8. The number of carbonyl (C=O) groups is 1. The van der Waals surface area contributed by atoms with Crippen molar-refractivity contribution in [1.29, 1.82) is 0 Å². The van der Waals surface area contributed by atoms with Gasteiger partial charge in [0.25, 0.3) is 0 Å². The van der Waals surface area contributed by atoms with Crippen molar-refractivity contribution in [2.24, 2.45) is 0 Å². The van der Waals surface area contributed by atoms with E-state index in [0.717, 1.165) is 6.07 Å². The highest BCUT2D eigenvalue weighted by Crippen LogP contribution is 2.35. The van der Waals surface area contributed by atoms with Gasteiger partial charge in [-0.2, -0.15) is 18.3 Å². The van der Waals surface area contributed by atoms with Crippen molar-refractivity contribution >= 4 is 50.7 Å². The lowest BCUT2D eigenvalue weighted by atomic mass is 10.1. The quantitative estimate of drug-likeness (QED) is 0.579. The van der Waals surface area contributed by atoms with Crippen LogP contribution in [-0.2, 0) is 6.18 Å². The zero-order chi connectivity index (χ0) is 18.5. The number of benzene rings is 1. The summed E-state index contributed by atoms with van der Waals surface area (Å²) in [5.74, 6) is -1.48. The van der Waals surface area contributed by atoms with Crippen molar-refractivity contribution in [2.45, 2.75) is 6.18 Å². The van der Waals surface area contributed by atoms with Crippen LogP contribution in [0.25, 0.3) is 16.9 Å². The fourth-order valence-electron chi connectivity index (χ4n) is 2.13. The lowest BCUT2D eigenvalue weighted by molar-refractivity contribution is -0.142. The van der Waals surface area contributed by atoms with Crippen molar-refractivity contribution in [3.8, 4) is 11.3 Å². The van der Waals surface area contributed by atoms with Gasteiger partial charge >= 0.3 is 12.1 Å². The van der Waals surface area contributed by atoms with Crippen LogP contribution in [0.1, 0.15) is 16.2 Å². The molecule has 11 heteroatoms. The maximum atomic E-state index is 13.4. The minimum Gasteiger partial charge on any atom is -0.476 e. The average Bonchev–Trinajstić information content (AvgIpc) is 2.85. The van der Waals surface area contributed by atoms with E-state index < -0.39 is 23.5 Å².